The van der Waals surface area contributed by atoms with E-state index in [4.69, 9.17) is 4.74 Å². The van der Waals surface area contributed by atoms with Crippen molar-refractivity contribution in [2.45, 2.75) is 40.0 Å². The molecule has 0 bridgehead atoms. The van der Waals surface area contributed by atoms with Crippen molar-refractivity contribution in [2.75, 3.05) is 0 Å². The number of allylic oxidation sites excluding steroid dienone is 2. The van der Waals surface area contributed by atoms with Crippen molar-refractivity contribution in [1.29, 1.82) is 0 Å². The molecule has 0 spiro atoms. The van der Waals surface area contributed by atoms with Gasteiger partial charge in [0, 0.05) is 19.3 Å². The Bertz CT molecular complexity index is 582. The molecule has 3 heteroatoms. The van der Waals surface area contributed by atoms with Gasteiger partial charge in [-0.25, -0.2) is 0 Å². The Morgan fingerprint density at radius 3 is 2.65 bits per heavy atom. The molecule has 0 radical (unpaired) electrons. The van der Waals surface area contributed by atoms with Crippen LogP contribution in [-0.2, 0) is 9.59 Å². The largest absolute Gasteiger partial charge is 0.427 e. The summed E-state index contributed by atoms with van der Waals surface area (Å²) < 4.78 is 5.14. The third-order valence-corrected chi connectivity index (χ3v) is 3.71. The van der Waals surface area contributed by atoms with Crippen LogP contribution in [0.15, 0.2) is 35.9 Å². The molecule has 1 aliphatic carbocycles. The lowest BCUT2D eigenvalue weighted by Crippen LogP contribution is -2.30. The molecule has 0 saturated carbocycles. The van der Waals surface area contributed by atoms with Crippen molar-refractivity contribution >= 4 is 11.8 Å². The fraction of sp³-hybridized carbons (Fsp3) is 0.412. The van der Waals surface area contributed by atoms with Crippen LogP contribution < -0.4 is 4.74 Å². The molecule has 1 aliphatic rings. The lowest BCUT2D eigenvalue weighted by molar-refractivity contribution is -0.131. The molecule has 1 atom stereocenters. The average molecular weight is 272 g/mol. The number of benzene rings is 1. The van der Waals surface area contributed by atoms with Crippen LogP contribution in [0.1, 0.15) is 45.6 Å². The van der Waals surface area contributed by atoms with Crippen molar-refractivity contribution < 1.29 is 14.3 Å². The Labute approximate surface area is 119 Å². The molecule has 1 unspecified atom stereocenters. The Balaban J connectivity index is 2.41. The molecular weight excluding hydrogens is 252 g/mol. The predicted molar refractivity (Wildman–Crippen MR) is 77.7 cm³/mol. The zero-order valence-corrected chi connectivity index (χ0v) is 12.4. The van der Waals surface area contributed by atoms with E-state index in [1.165, 1.54) is 6.92 Å². The zero-order valence-electron chi connectivity index (χ0n) is 12.4. The Hall–Kier alpha value is -1.90. The number of rotatable bonds is 2. The van der Waals surface area contributed by atoms with E-state index in [2.05, 4.69) is 13.8 Å². The van der Waals surface area contributed by atoms with Gasteiger partial charge in [-0.1, -0.05) is 31.6 Å². The highest BCUT2D eigenvalue weighted by molar-refractivity contribution is 5.92. The van der Waals surface area contributed by atoms with Gasteiger partial charge >= 0.3 is 5.97 Å². The lowest BCUT2D eigenvalue weighted by atomic mass is 9.65. The molecule has 1 aromatic rings. The van der Waals surface area contributed by atoms with E-state index >= 15 is 0 Å². The first-order chi connectivity index (χ1) is 9.29. The second-order valence-corrected chi connectivity index (χ2v) is 6.12. The van der Waals surface area contributed by atoms with Crippen molar-refractivity contribution in [1.82, 2.24) is 0 Å². The molecule has 0 amide bonds. The normalized spacial score (nSPS) is 21.3. The number of hydrogen-bond acceptors (Lipinski definition) is 3. The minimum absolute atomic E-state index is 0.134. The number of hydrogen-bond donors (Lipinski definition) is 0. The standard InChI is InChI=1S/C17H20O3/c1-11-8-14(19)10-17(3,4)16(11)13-6-5-7-15(9-13)20-12(2)18/h5-9,16H,10H2,1-4H3. The number of carbonyl (C=O) groups is 2. The van der Waals surface area contributed by atoms with Crippen LogP contribution in [0, 0.1) is 5.41 Å². The SMILES string of the molecule is CC(=O)Oc1cccc(C2C(C)=CC(=O)CC2(C)C)c1. The lowest BCUT2D eigenvalue weighted by Gasteiger charge is -2.38. The molecular formula is C17H20O3. The zero-order chi connectivity index (χ0) is 14.9. The topological polar surface area (TPSA) is 43.4 Å². The molecule has 1 aromatic carbocycles. The van der Waals surface area contributed by atoms with E-state index in [1.807, 2.05) is 25.1 Å². The molecule has 0 aliphatic heterocycles. The number of carbonyl (C=O) groups excluding carboxylic acids is 2. The summed E-state index contributed by atoms with van der Waals surface area (Å²) in [6.45, 7) is 7.58. The van der Waals surface area contributed by atoms with E-state index in [0.29, 0.717) is 12.2 Å². The van der Waals surface area contributed by atoms with E-state index in [0.717, 1.165) is 11.1 Å². The summed E-state index contributed by atoms with van der Waals surface area (Å²) in [6, 6.07) is 7.56. The second kappa shape index (κ2) is 5.23. The van der Waals surface area contributed by atoms with Crippen LogP contribution in [0.25, 0.3) is 0 Å². The maximum atomic E-state index is 11.7. The van der Waals surface area contributed by atoms with Gasteiger partial charge in [0.2, 0.25) is 0 Å². The highest BCUT2D eigenvalue weighted by Gasteiger charge is 2.37. The third kappa shape index (κ3) is 2.98. The predicted octanol–water partition coefficient (Wildman–Crippen LogP) is 3.64. The Morgan fingerprint density at radius 1 is 1.35 bits per heavy atom. The summed E-state index contributed by atoms with van der Waals surface area (Å²) in [4.78, 5) is 22.8. The Morgan fingerprint density at radius 2 is 2.05 bits per heavy atom. The van der Waals surface area contributed by atoms with Gasteiger partial charge in [0.15, 0.2) is 5.78 Å². The first-order valence-electron chi connectivity index (χ1n) is 6.79. The van der Waals surface area contributed by atoms with Crippen LogP contribution in [0.5, 0.6) is 5.75 Å². The minimum Gasteiger partial charge on any atom is -0.427 e. The summed E-state index contributed by atoms with van der Waals surface area (Å²) in [7, 11) is 0. The van der Waals surface area contributed by atoms with Gasteiger partial charge < -0.3 is 4.74 Å². The van der Waals surface area contributed by atoms with Crippen molar-refractivity contribution in [3.05, 3.63) is 41.5 Å². The van der Waals surface area contributed by atoms with E-state index in [-0.39, 0.29) is 23.1 Å². The van der Waals surface area contributed by atoms with Crippen LogP contribution in [-0.4, -0.2) is 11.8 Å². The number of esters is 1. The Kier molecular flexibility index (Phi) is 3.80. The quantitative estimate of drug-likeness (QED) is 0.610. The molecule has 0 saturated heterocycles. The fourth-order valence-electron chi connectivity index (χ4n) is 3.19. The van der Waals surface area contributed by atoms with Crippen molar-refractivity contribution in [3.8, 4) is 5.75 Å². The monoisotopic (exact) mass is 272 g/mol. The van der Waals surface area contributed by atoms with Gasteiger partial charge in [-0.05, 0) is 36.1 Å². The van der Waals surface area contributed by atoms with Gasteiger partial charge in [0.1, 0.15) is 5.75 Å². The van der Waals surface area contributed by atoms with Crippen LogP contribution in [0.2, 0.25) is 0 Å². The number of ether oxygens (including phenoxy) is 1. The summed E-state index contributed by atoms with van der Waals surface area (Å²) in [5, 5.41) is 0. The maximum absolute atomic E-state index is 11.7. The maximum Gasteiger partial charge on any atom is 0.308 e. The van der Waals surface area contributed by atoms with Crippen LogP contribution >= 0.6 is 0 Å². The summed E-state index contributed by atoms with van der Waals surface area (Å²) in [5.74, 6) is 0.568. The number of ketones is 1. The molecule has 3 nitrogen and oxygen atoms in total. The first kappa shape index (κ1) is 14.5. The molecule has 20 heavy (non-hydrogen) atoms. The molecule has 106 valence electrons. The van der Waals surface area contributed by atoms with Gasteiger partial charge in [-0.3, -0.25) is 9.59 Å². The van der Waals surface area contributed by atoms with Gasteiger partial charge in [0.05, 0.1) is 0 Å². The molecule has 0 heterocycles. The highest BCUT2D eigenvalue weighted by Crippen LogP contribution is 2.46. The minimum atomic E-state index is -0.326. The van der Waals surface area contributed by atoms with Crippen molar-refractivity contribution in [3.63, 3.8) is 0 Å². The summed E-state index contributed by atoms with van der Waals surface area (Å²) in [6.07, 6.45) is 2.27. The molecule has 0 fully saturated rings. The van der Waals surface area contributed by atoms with E-state index in [9.17, 15) is 9.59 Å². The second-order valence-electron chi connectivity index (χ2n) is 6.12. The van der Waals surface area contributed by atoms with Gasteiger partial charge in [-0.2, -0.15) is 0 Å². The molecule has 0 aromatic heterocycles. The third-order valence-electron chi connectivity index (χ3n) is 3.71. The van der Waals surface area contributed by atoms with E-state index < -0.39 is 0 Å². The highest BCUT2D eigenvalue weighted by atomic mass is 16.5. The van der Waals surface area contributed by atoms with Gasteiger partial charge in [-0.15, -0.1) is 0 Å². The van der Waals surface area contributed by atoms with Crippen LogP contribution in [0.3, 0.4) is 0 Å². The first-order valence-corrected chi connectivity index (χ1v) is 6.79. The molecule has 0 N–H and O–H groups in total. The average Bonchev–Trinajstić information content (AvgIpc) is 2.25. The van der Waals surface area contributed by atoms with Crippen LogP contribution in [0.4, 0.5) is 0 Å². The summed E-state index contributed by atoms with van der Waals surface area (Å²) in [5.41, 5.74) is 2.01. The smallest absolute Gasteiger partial charge is 0.308 e. The van der Waals surface area contributed by atoms with Crippen molar-refractivity contribution in [2.24, 2.45) is 5.41 Å². The molecule has 2 rings (SSSR count). The summed E-state index contributed by atoms with van der Waals surface area (Å²) >= 11 is 0. The fourth-order valence-corrected chi connectivity index (χ4v) is 3.19. The van der Waals surface area contributed by atoms with Gasteiger partial charge in [0.25, 0.3) is 0 Å². The van der Waals surface area contributed by atoms with E-state index in [1.54, 1.807) is 12.1 Å².